The van der Waals surface area contributed by atoms with Crippen molar-refractivity contribution in [3.05, 3.63) is 58.8 Å². The second kappa shape index (κ2) is 8.53. The van der Waals surface area contributed by atoms with Gasteiger partial charge < -0.3 is 9.64 Å². The fourth-order valence-electron chi connectivity index (χ4n) is 4.82. The molecular formula is C22H18ClF4N5O2. The van der Waals surface area contributed by atoms with Gasteiger partial charge in [-0.05, 0) is 43.4 Å². The molecule has 0 amide bonds. The Labute approximate surface area is 196 Å². The molecule has 6 rings (SSSR count). The zero-order chi connectivity index (χ0) is 24.0. The fourth-order valence-corrected chi connectivity index (χ4v) is 5.03. The molecule has 4 heterocycles. The lowest BCUT2D eigenvalue weighted by Gasteiger charge is -2.50. The first kappa shape index (κ1) is 22.6. The molecule has 34 heavy (non-hydrogen) atoms. The molecule has 1 aliphatic carbocycles. The molecule has 0 N–H and O–H groups in total. The molecule has 0 unspecified atom stereocenters. The number of rotatable bonds is 5. The molecular weight excluding hydrogens is 478 g/mol. The van der Waals surface area contributed by atoms with Gasteiger partial charge in [0.05, 0.1) is 35.2 Å². The summed E-state index contributed by atoms with van der Waals surface area (Å²) in [5, 5.41) is 7.68. The average Bonchev–Trinajstić information content (AvgIpc) is 3.34. The second-order valence-electron chi connectivity index (χ2n) is 8.33. The summed E-state index contributed by atoms with van der Waals surface area (Å²) in [4.78, 5) is 18.9. The summed E-state index contributed by atoms with van der Waals surface area (Å²) >= 11 is 6.05. The van der Waals surface area contributed by atoms with Crippen LogP contribution in [0, 0.1) is 11.7 Å². The van der Waals surface area contributed by atoms with Crippen LogP contribution in [0.15, 0.2) is 36.8 Å². The minimum atomic E-state index is -4.56. The summed E-state index contributed by atoms with van der Waals surface area (Å²) in [6.45, 7) is 0.622. The van der Waals surface area contributed by atoms with Gasteiger partial charge >= 0.3 is 6.18 Å². The van der Waals surface area contributed by atoms with E-state index in [1.807, 2.05) is 4.90 Å². The third kappa shape index (κ3) is 3.97. The molecule has 178 valence electrons. The highest BCUT2D eigenvalue weighted by Gasteiger charge is 2.44. The van der Waals surface area contributed by atoms with Gasteiger partial charge in [0.2, 0.25) is 5.88 Å². The normalized spacial score (nSPS) is 22.1. The Morgan fingerprint density at radius 1 is 1.18 bits per heavy atom. The first-order chi connectivity index (χ1) is 16.3. The summed E-state index contributed by atoms with van der Waals surface area (Å²) in [6, 6.07) is 3.37. The number of aromatic nitrogens is 4. The van der Waals surface area contributed by atoms with E-state index in [0.717, 1.165) is 23.7 Å². The molecule has 2 aliphatic heterocycles. The standard InChI is InChI=1S/C22H18ClF4N5O2/c23-15-8-13(22(25,26)27)9-28-21(15)34-19-7-12-1-3-18(19)31(10-12)17-4-2-16(24)20(14(17)11-33)32-29-5-6-30-32/h2,4-6,8-9,11-12,18-19H,1,3,7,10H2/t12-,18+,19-/m1/s1. The molecule has 12 heteroatoms. The van der Waals surface area contributed by atoms with Crippen LogP contribution in [-0.4, -0.2) is 45.0 Å². The van der Waals surface area contributed by atoms with Gasteiger partial charge in [-0.2, -0.15) is 23.4 Å². The van der Waals surface area contributed by atoms with E-state index in [1.54, 1.807) is 0 Å². The third-order valence-electron chi connectivity index (χ3n) is 6.31. The van der Waals surface area contributed by atoms with Gasteiger partial charge in [-0.3, -0.25) is 4.79 Å². The first-order valence-electron chi connectivity index (χ1n) is 10.6. The van der Waals surface area contributed by atoms with Crippen LogP contribution in [0.4, 0.5) is 23.2 Å². The Balaban J connectivity index is 1.47. The Hall–Kier alpha value is -3.21. The summed E-state index contributed by atoms with van der Waals surface area (Å²) < 4.78 is 59.5. The van der Waals surface area contributed by atoms with Gasteiger partial charge in [0.15, 0.2) is 12.1 Å². The molecule has 2 aromatic heterocycles. The zero-order valence-corrected chi connectivity index (χ0v) is 18.3. The van der Waals surface area contributed by atoms with Gasteiger partial charge in [0, 0.05) is 12.7 Å². The minimum absolute atomic E-state index is 0.0520. The lowest BCUT2D eigenvalue weighted by molar-refractivity contribution is -0.137. The van der Waals surface area contributed by atoms with E-state index in [4.69, 9.17) is 16.3 Å². The monoisotopic (exact) mass is 495 g/mol. The van der Waals surface area contributed by atoms with Crippen LogP contribution in [-0.2, 0) is 6.18 Å². The van der Waals surface area contributed by atoms with Crippen molar-refractivity contribution in [2.45, 2.75) is 37.6 Å². The van der Waals surface area contributed by atoms with Crippen molar-refractivity contribution < 1.29 is 27.1 Å². The zero-order valence-electron chi connectivity index (χ0n) is 17.5. The predicted molar refractivity (Wildman–Crippen MR) is 114 cm³/mol. The third-order valence-corrected chi connectivity index (χ3v) is 6.58. The molecule has 3 aromatic rings. The topological polar surface area (TPSA) is 73.1 Å². The van der Waals surface area contributed by atoms with E-state index in [2.05, 4.69) is 15.2 Å². The van der Waals surface area contributed by atoms with Crippen LogP contribution in [0.3, 0.4) is 0 Å². The van der Waals surface area contributed by atoms with Crippen LogP contribution in [0.1, 0.15) is 35.2 Å². The van der Waals surface area contributed by atoms with Crippen LogP contribution in [0.2, 0.25) is 5.02 Å². The number of anilines is 1. The molecule has 2 saturated heterocycles. The van der Waals surface area contributed by atoms with Gasteiger partial charge in [0.25, 0.3) is 0 Å². The second-order valence-corrected chi connectivity index (χ2v) is 8.74. The Kier molecular flexibility index (Phi) is 5.67. The Bertz CT molecular complexity index is 1220. The Morgan fingerprint density at radius 3 is 2.59 bits per heavy atom. The number of carbonyl (C=O) groups is 1. The molecule has 7 nitrogen and oxygen atoms in total. The maximum Gasteiger partial charge on any atom is 0.417 e. The fraction of sp³-hybridized carbons (Fsp3) is 0.364. The van der Waals surface area contributed by atoms with Crippen molar-refractivity contribution in [1.82, 2.24) is 20.0 Å². The summed E-state index contributed by atoms with van der Waals surface area (Å²) in [7, 11) is 0. The summed E-state index contributed by atoms with van der Waals surface area (Å²) in [6.07, 6.45) is 1.35. The molecule has 0 radical (unpaired) electrons. The number of piperidine rings is 2. The number of hydrogen-bond donors (Lipinski definition) is 0. The average molecular weight is 496 g/mol. The Morgan fingerprint density at radius 2 is 1.94 bits per heavy atom. The number of nitrogens with zero attached hydrogens (tertiary/aromatic N) is 5. The van der Waals surface area contributed by atoms with Crippen LogP contribution in [0.25, 0.3) is 5.69 Å². The molecule has 0 spiro atoms. The van der Waals surface area contributed by atoms with E-state index in [0.29, 0.717) is 31.1 Å². The number of carbonyl (C=O) groups excluding carboxylic acids is 1. The SMILES string of the molecule is O=Cc1c(N2C[C@@H]3CC[C@H]2[C@H](Oc2ncc(C(F)(F)F)cc2Cl)C3)ccc(F)c1-n1nccn1. The number of halogens is 5. The number of pyridine rings is 1. The van der Waals surface area contributed by atoms with Crippen molar-refractivity contribution in [2.75, 3.05) is 11.4 Å². The van der Waals surface area contributed by atoms with E-state index in [1.165, 1.54) is 24.5 Å². The quantitative estimate of drug-likeness (QED) is 0.376. The predicted octanol–water partition coefficient (Wildman–Crippen LogP) is 4.72. The van der Waals surface area contributed by atoms with E-state index in [9.17, 15) is 22.4 Å². The summed E-state index contributed by atoms with van der Waals surface area (Å²) in [5.41, 5.74) is -0.395. The van der Waals surface area contributed by atoms with Gasteiger partial charge in [-0.1, -0.05) is 11.6 Å². The molecule has 1 aromatic carbocycles. The number of aldehydes is 1. The minimum Gasteiger partial charge on any atom is -0.471 e. The van der Waals surface area contributed by atoms with Crippen molar-refractivity contribution >= 4 is 23.6 Å². The highest BCUT2D eigenvalue weighted by Crippen LogP contribution is 2.42. The molecule has 3 aliphatic rings. The number of fused-ring (bicyclic) bond motifs is 3. The van der Waals surface area contributed by atoms with Gasteiger partial charge in [-0.25, -0.2) is 9.37 Å². The van der Waals surface area contributed by atoms with Crippen molar-refractivity contribution in [3.8, 4) is 11.6 Å². The number of benzene rings is 1. The van der Waals surface area contributed by atoms with Crippen LogP contribution < -0.4 is 9.64 Å². The van der Waals surface area contributed by atoms with Gasteiger partial charge in [0.1, 0.15) is 16.8 Å². The number of alkyl halides is 3. The van der Waals surface area contributed by atoms with Crippen LogP contribution >= 0.6 is 11.6 Å². The number of ether oxygens (including phenoxy) is 1. The molecule has 3 atom stereocenters. The van der Waals surface area contributed by atoms with E-state index in [-0.39, 0.29) is 34.1 Å². The van der Waals surface area contributed by atoms with Crippen molar-refractivity contribution in [2.24, 2.45) is 5.92 Å². The van der Waals surface area contributed by atoms with Crippen molar-refractivity contribution in [1.29, 1.82) is 0 Å². The first-order valence-corrected chi connectivity index (χ1v) is 10.9. The molecule has 1 saturated carbocycles. The maximum atomic E-state index is 14.7. The lowest BCUT2D eigenvalue weighted by Crippen LogP contribution is -2.58. The van der Waals surface area contributed by atoms with E-state index >= 15 is 0 Å². The van der Waals surface area contributed by atoms with Crippen LogP contribution in [0.5, 0.6) is 5.88 Å². The lowest BCUT2D eigenvalue weighted by atomic mass is 9.77. The molecule has 3 fully saturated rings. The maximum absolute atomic E-state index is 14.7. The van der Waals surface area contributed by atoms with Crippen molar-refractivity contribution in [3.63, 3.8) is 0 Å². The van der Waals surface area contributed by atoms with Gasteiger partial charge in [-0.15, -0.1) is 4.80 Å². The largest absolute Gasteiger partial charge is 0.471 e. The summed E-state index contributed by atoms with van der Waals surface area (Å²) in [5.74, 6) is -0.514. The highest BCUT2D eigenvalue weighted by atomic mass is 35.5. The smallest absolute Gasteiger partial charge is 0.417 e. The van der Waals surface area contributed by atoms with E-state index < -0.39 is 23.7 Å². The number of hydrogen-bond acceptors (Lipinski definition) is 6. The highest BCUT2D eigenvalue weighted by molar-refractivity contribution is 6.31. The molecule has 2 bridgehead atoms.